The number of Topliss-reactive ketones (excluding diaryl/α,β-unsaturated/α-hetero) is 1. The highest BCUT2D eigenvalue weighted by molar-refractivity contribution is 6.04. The van der Waals surface area contributed by atoms with E-state index in [9.17, 15) is 14.7 Å². The molecule has 23 heavy (non-hydrogen) atoms. The number of rotatable bonds is 6. The van der Waals surface area contributed by atoms with Gasteiger partial charge < -0.3 is 14.6 Å². The number of amides is 1. The molecule has 0 fully saturated rings. The van der Waals surface area contributed by atoms with Crippen LogP contribution < -0.4 is 14.4 Å². The van der Waals surface area contributed by atoms with Crippen LogP contribution in [-0.2, 0) is 16.2 Å². The number of carbonyl (C=O) groups excluding carboxylic acids is 2. The van der Waals surface area contributed by atoms with Gasteiger partial charge in [-0.1, -0.05) is 13.8 Å². The Kier molecular flexibility index (Phi) is 5.26. The Balaban J connectivity index is 2.59. The molecule has 1 heterocycles. The second-order valence-corrected chi connectivity index (χ2v) is 5.94. The first-order valence-corrected chi connectivity index (χ1v) is 7.77. The van der Waals surface area contributed by atoms with Crippen molar-refractivity contribution in [3.8, 4) is 11.5 Å². The number of nitrogens with zero attached hydrogens (tertiary/aromatic N) is 1. The minimum atomic E-state index is -0.666. The molecule has 1 aromatic carbocycles. The van der Waals surface area contributed by atoms with Crippen LogP contribution in [0.1, 0.15) is 33.3 Å². The molecule has 2 rings (SSSR count). The first kappa shape index (κ1) is 17.3. The molecule has 0 saturated carbocycles. The molecular formula is C17H23NO5. The van der Waals surface area contributed by atoms with Crippen molar-refractivity contribution in [2.24, 2.45) is 5.92 Å². The lowest BCUT2D eigenvalue weighted by molar-refractivity contribution is -0.129. The van der Waals surface area contributed by atoms with Gasteiger partial charge in [0.15, 0.2) is 17.6 Å². The number of hydrogen-bond acceptors (Lipinski definition) is 5. The minimum Gasteiger partial charge on any atom is -0.490 e. The SMILES string of the molecule is CCOc1cc(CO)cc2c1OC(C(C)C)C(=O)N2CC(C)=O. The Labute approximate surface area is 136 Å². The average molecular weight is 321 g/mol. The van der Waals surface area contributed by atoms with Crippen molar-refractivity contribution in [2.75, 3.05) is 18.1 Å². The van der Waals surface area contributed by atoms with E-state index >= 15 is 0 Å². The Morgan fingerprint density at radius 2 is 2.13 bits per heavy atom. The van der Waals surface area contributed by atoms with E-state index in [4.69, 9.17) is 9.47 Å². The molecule has 1 aliphatic heterocycles. The van der Waals surface area contributed by atoms with E-state index in [0.717, 1.165) is 0 Å². The van der Waals surface area contributed by atoms with Crippen molar-refractivity contribution in [3.05, 3.63) is 17.7 Å². The Morgan fingerprint density at radius 1 is 1.43 bits per heavy atom. The van der Waals surface area contributed by atoms with Gasteiger partial charge in [-0.3, -0.25) is 14.5 Å². The largest absolute Gasteiger partial charge is 0.490 e. The van der Waals surface area contributed by atoms with Gasteiger partial charge in [-0.15, -0.1) is 0 Å². The first-order valence-electron chi connectivity index (χ1n) is 7.77. The number of carbonyl (C=O) groups is 2. The van der Waals surface area contributed by atoms with Gasteiger partial charge in [-0.25, -0.2) is 0 Å². The molecule has 0 saturated heterocycles. The summed E-state index contributed by atoms with van der Waals surface area (Å²) in [6, 6.07) is 3.36. The van der Waals surface area contributed by atoms with Gasteiger partial charge in [0, 0.05) is 0 Å². The summed E-state index contributed by atoms with van der Waals surface area (Å²) in [5.74, 6) is 0.503. The summed E-state index contributed by atoms with van der Waals surface area (Å²) in [6.45, 7) is 7.27. The molecule has 0 aromatic heterocycles. The van der Waals surface area contributed by atoms with E-state index in [-0.39, 0.29) is 30.8 Å². The third-order valence-electron chi connectivity index (χ3n) is 3.61. The summed E-state index contributed by atoms with van der Waals surface area (Å²) in [5, 5.41) is 9.44. The highest BCUT2D eigenvalue weighted by Crippen LogP contribution is 2.44. The van der Waals surface area contributed by atoms with Gasteiger partial charge in [-0.05, 0) is 37.5 Å². The van der Waals surface area contributed by atoms with Crippen molar-refractivity contribution in [1.29, 1.82) is 0 Å². The fourth-order valence-electron chi connectivity index (χ4n) is 2.57. The zero-order valence-electron chi connectivity index (χ0n) is 14.0. The molecule has 1 unspecified atom stereocenters. The predicted octanol–water partition coefficient (Wildman–Crippen LogP) is 1.92. The third-order valence-corrected chi connectivity index (χ3v) is 3.61. The third kappa shape index (κ3) is 3.47. The lowest BCUT2D eigenvalue weighted by Gasteiger charge is -2.36. The van der Waals surface area contributed by atoms with E-state index in [2.05, 4.69) is 0 Å². The smallest absolute Gasteiger partial charge is 0.268 e. The number of ketones is 1. The van der Waals surface area contributed by atoms with Crippen LogP contribution in [0, 0.1) is 5.92 Å². The lowest BCUT2D eigenvalue weighted by Crippen LogP contribution is -2.50. The van der Waals surface area contributed by atoms with Crippen LogP contribution in [0.15, 0.2) is 12.1 Å². The van der Waals surface area contributed by atoms with Gasteiger partial charge in [0.25, 0.3) is 5.91 Å². The molecule has 6 nitrogen and oxygen atoms in total. The van der Waals surface area contributed by atoms with Crippen molar-refractivity contribution < 1.29 is 24.2 Å². The van der Waals surface area contributed by atoms with E-state index in [1.54, 1.807) is 12.1 Å². The molecule has 1 N–H and O–H groups in total. The summed E-state index contributed by atoms with van der Waals surface area (Å²) in [6.07, 6.45) is -0.666. The van der Waals surface area contributed by atoms with Crippen molar-refractivity contribution in [3.63, 3.8) is 0 Å². The molecule has 0 aliphatic carbocycles. The Bertz CT molecular complexity index is 611. The predicted molar refractivity (Wildman–Crippen MR) is 85.8 cm³/mol. The fraction of sp³-hybridized carbons (Fsp3) is 0.529. The van der Waals surface area contributed by atoms with E-state index in [0.29, 0.717) is 29.4 Å². The number of benzene rings is 1. The Hall–Kier alpha value is -2.08. The zero-order valence-corrected chi connectivity index (χ0v) is 14.0. The van der Waals surface area contributed by atoms with E-state index in [1.807, 2.05) is 20.8 Å². The minimum absolute atomic E-state index is 0.0289. The maximum atomic E-state index is 12.7. The lowest BCUT2D eigenvalue weighted by atomic mass is 10.0. The van der Waals surface area contributed by atoms with Crippen LogP contribution in [0.5, 0.6) is 11.5 Å². The highest BCUT2D eigenvalue weighted by Gasteiger charge is 2.38. The normalized spacial score (nSPS) is 17.0. The summed E-state index contributed by atoms with van der Waals surface area (Å²) in [7, 11) is 0. The van der Waals surface area contributed by atoms with Crippen molar-refractivity contribution in [1.82, 2.24) is 0 Å². The quantitative estimate of drug-likeness (QED) is 0.866. The molecule has 1 aromatic rings. The molecule has 1 atom stereocenters. The van der Waals surface area contributed by atoms with E-state index < -0.39 is 6.10 Å². The van der Waals surface area contributed by atoms with Gasteiger partial charge in [0.1, 0.15) is 5.78 Å². The number of anilines is 1. The summed E-state index contributed by atoms with van der Waals surface area (Å²) in [5.41, 5.74) is 1.07. The standard InChI is InChI=1S/C17H23NO5/c1-5-22-14-7-12(9-19)6-13-16(14)23-15(10(2)3)17(21)18(13)8-11(4)20/h6-7,10,15,19H,5,8-9H2,1-4H3. The van der Waals surface area contributed by atoms with Gasteiger partial charge in [-0.2, -0.15) is 0 Å². The topological polar surface area (TPSA) is 76.1 Å². The number of hydrogen-bond donors (Lipinski definition) is 1. The number of ether oxygens (including phenoxy) is 2. The van der Waals surface area contributed by atoms with Crippen LogP contribution in [0.2, 0.25) is 0 Å². The van der Waals surface area contributed by atoms with Crippen LogP contribution in [0.25, 0.3) is 0 Å². The van der Waals surface area contributed by atoms with Crippen LogP contribution in [-0.4, -0.2) is 36.1 Å². The molecule has 6 heteroatoms. The average Bonchev–Trinajstić information content (AvgIpc) is 2.49. The highest BCUT2D eigenvalue weighted by atomic mass is 16.5. The monoisotopic (exact) mass is 321 g/mol. The first-order chi connectivity index (χ1) is 10.9. The molecule has 0 bridgehead atoms. The van der Waals surface area contributed by atoms with Crippen molar-refractivity contribution >= 4 is 17.4 Å². The number of aliphatic hydroxyl groups excluding tert-OH is 1. The molecule has 1 aliphatic rings. The second-order valence-electron chi connectivity index (χ2n) is 5.94. The van der Waals surface area contributed by atoms with Gasteiger partial charge in [0.05, 0.1) is 25.4 Å². The number of aliphatic hydroxyl groups is 1. The molecular weight excluding hydrogens is 298 g/mol. The zero-order chi connectivity index (χ0) is 17.1. The van der Waals surface area contributed by atoms with Gasteiger partial charge in [0.2, 0.25) is 0 Å². The van der Waals surface area contributed by atoms with Gasteiger partial charge >= 0.3 is 0 Å². The van der Waals surface area contributed by atoms with Crippen LogP contribution >= 0.6 is 0 Å². The summed E-state index contributed by atoms with van der Waals surface area (Å²) >= 11 is 0. The summed E-state index contributed by atoms with van der Waals surface area (Å²) < 4.78 is 11.5. The van der Waals surface area contributed by atoms with Crippen molar-refractivity contribution in [2.45, 2.75) is 40.4 Å². The maximum Gasteiger partial charge on any atom is 0.268 e. The van der Waals surface area contributed by atoms with Crippen LogP contribution in [0.3, 0.4) is 0 Å². The second kappa shape index (κ2) is 7.00. The Morgan fingerprint density at radius 3 is 2.65 bits per heavy atom. The fourth-order valence-corrected chi connectivity index (χ4v) is 2.57. The van der Waals surface area contributed by atoms with Crippen LogP contribution in [0.4, 0.5) is 5.69 Å². The molecule has 1 amide bonds. The number of fused-ring (bicyclic) bond motifs is 1. The summed E-state index contributed by atoms with van der Waals surface area (Å²) in [4.78, 5) is 25.7. The van der Waals surface area contributed by atoms with E-state index in [1.165, 1.54) is 11.8 Å². The molecule has 126 valence electrons. The molecule has 0 spiro atoms. The maximum absolute atomic E-state index is 12.7. The molecule has 0 radical (unpaired) electrons.